The van der Waals surface area contributed by atoms with Crippen LogP contribution < -0.4 is 23.7 Å². The van der Waals surface area contributed by atoms with Crippen molar-refractivity contribution in [3.05, 3.63) is 54.1 Å². The number of ether oxygens (including phenoxy) is 5. The molecule has 178 valence electrons. The van der Waals surface area contributed by atoms with Crippen LogP contribution >= 0.6 is 0 Å². The first-order valence-electron chi connectivity index (χ1n) is 10.8. The van der Waals surface area contributed by atoms with Crippen LogP contribution in [-0.4, -0.2) is 76.9 Å². The maximum Gasteiger partial charge on any atom is 0.254 e. The van der Waals surface area contributed by atoms with E-state index in [4.69, 9.17) is 23.7 Å². The van der Waals surface area contributed by atoms with Crippen LogP contribution in [0.3, 0.4) is 0 Å². The van der Waals surface area contributed by atoms with Crippen molar-refractivity contribution >= 4 is 5.91 Å². The zero-order chi connectivity index (χ0) is 23.8. The van der Waals surface area contributed by atoms with Crippen molar-refractivity contribution in [3.63, 3.8) is 0 Å². The van der Waals surface area contributed by atoms with Gasteiger partial charge in [0.05, 0.1) is 28.4 Å². The van der Waals surface area contributed by atoms with Crippen LogP contribution in [-0.2, 0) is 6.54 Å². The largest absolute Gasteiger partial charge is 0.493 e. The molecule has 8 heteroatoms. The van der Waals surface area contributed by atoms with E-state index in [1.807, 2.05) is 17.0 Å². The minimum absolute atomic E-state index is 0.0214. The number of hydrogen-bond donors (Lipinski definition) is 0. The molecule has 8 nitrogen and oxygen atoms in total. The predicted molar refractivity (Wildman–Crippen MR) is 126 cm³/mol. The van der Waals surface area contributed by atoms with E-state index in [-0.39, 0.29) is 5.91 Å². The third-order valence-corrected chi connectivity index (χ3v) is 5.61. The molecule has 1 amide bonds. The van der Waals surface area contributed by atoms with E-state index in [2.05, 4.69) is 11.5 Å². The van der Waals surface area contributed by atoms with Crippen molar-refractivity contribution in [2.75, 3.05) is 61.2 Å². The van der Waals surface area contributed by atoms with Gasteiger partial charge in [0.15, 0.2) is 23.0 Å². The van der Waals surface area contributed by atoms with E-state index in [9.17, 15) is 4.79 Å². The van der Waals surface area contributed by atoms with Crippen molar-refractivity contribution in [1.82, 2.24) is 9.80 Å². The lowest BCUT2D eigenvalue weighted by atomic mass is 10.1. The van der Waals surface area contributed by atoms with E-state index in [1.165, 1.54) is 0 Å². The van der Waals surface area contributed by atoms with Crippen LogP contribution in [0.5, 0.6) is 28.7 Å². The SMILES string of the molecule is C=CCOc1ccc(C(=O)N2CCN(Cc3ccc(OC)c(OC)c3OC)CC2)cc1OC. The summed E-state index contributed by atoms with van der Waals surface area (Å²) in [5.74, 6) is 2.98. The molecule has 1 aliphatic rings. The number of benzene rings is 2. The summed E-state index contributed by atoms with van der Waals surface area (Å²) >= 11 is 0. The van der Waals surface area contributed by atoms with Crippen molar-refractivity contribution in [3.8, 4) is 28.7 Å². The fourth-order valence-electron chi connectivity index (χ4n) is 3.89. The molecule has 0 N–H and O–H groups in total. The highest BCUT2D eigenvalue weighted by molar-refractivity contribution is 5.95. The second kappa shape index (κ2) is 11.5. The molecule has 1 heterocycles. The summed E-state index contributed by atoms with van der Waals surface area (Å²) in [4.78, 5) is 17.2. The van der Waals surface area contributed by atoms with E-state index in [1.54, 1.807) is 52.7 Å². The number of carbonyl (C=O) groups is 1. The zero-order valence-electron chi connectivity index (χ0n) is 19.8. The Morgan fingerprint density at radius 1 is 0.879 bits per heavy atom. The second-order valence-electron chi connectivity index (χ2n) is 7.53. The number of hydrogen-bond acceptors (Lipinski definition) is 7. The summed E-state index contributed by atoms with van der Waals surface area (Å²) in [6.45, 7) is 7.47. The Kier molecular flexibility index (Phi) is 8.43. The number of piperazine rings is 1. The van der Waals surface area contributed by atoms with Gasteiger partial charge < -0.3 is 28.6 Å². The standard InChI is InChI=1S/C25H32N2O6/c1-6-15-33-20-9-7-18(16-22(20)30-3)25(28)27-13-11-26(12-14-27)17-19-8-10-21(29-2)24(32-5)23(19)31-4/h6-10,16H,1,11-15,17H2,2-5H3. The summed E-state index contributed by atoms with van der Waals surface area (Å²) < 4.78 is 27.4. The van der Waals surface area contributed by atoms with Gasteiger partial charge in [-0.15, -0.1) is 0 Å². The summed E-state index contributed by atoms with van der Waals surface area (Å²) in [7, 11) is 6.39. The Hall–Kier alpha value is -3.39. The molecule has 1 fully saturated rings. The minimum atomic E-state index is -0.0214. The normalized spacial score (nSPS) is 13.9. The Morgan fingerprint density at radius 3 is 2.15 bits per heavy atom. The van der Waals surface area contributed by atoms with Crippen molar-refractivity contribution < 1.29 is 28.5 Å². The zero-order valence-corrected chi connectivity index (χ0v) is 19.8. The maximum absolute atomic E-state index is 13.1. The van der Waals surface area contributed by atoms with Crippen LogP contribution in [0.1, 0.15) is 15.9 Å². The molecule has 0 radical (unpaired) electrons. The summed E-state index contributed by atoms with van der Waals surface area (Å²) in [6.07, 6.45) is 1.66. The quantitative estimate of drug-likeness (QED) is 0.509. The maximum atomic E-state index is 13.1. The third kappa shape index (κ3) is 5.51. The molecule has 0 aromatic heterocycles. The lowest BCUT2D eigenvalue weighted by molar-refractivity contribution is 0.0627. The van der Waals surface area contributed by atoms with Gasteiger partial charge in [0, 0.05) is 43.9 Å². The molecule has 3 rings (SSSR count). The number of amides is 1. The first-order chi connectivity index (χ1) is 16.1. The Labute approximate surface area is 195 Å². The van der Waals surface area contributed by atoms with E-state index in [0.717, 1.165) is 18.7 Å². The third-order valence-electron chi connectivity index (χ3n) is 5.61. The molecule has 0 saturated carbocycles. The predicted octanol–water partition coefficient (Wildman–Crippen LogP) is 3.24. The molecule has 0 atom stereocenters. The molecule has 1 saturated heterocycles. The number of nitrogens with zero attached hydrogens (tertiary/aromatic N) is 2. The first-order valence-corrected chi connectivity index (χ1v) is 10.8. The van der Waals surface area contributed by atoms with E-state index < -0.39 is 0 Å². The van der Waals surface area contributed by atoms with Gasteiger partial charge in [-0.25, -0.2) is 0 Å². The number of rotatable bonds is 10. The fourth-order valence-corrected chi connectivity index (χ4v) is 3.89. The summed E-state index contributed by atoms with van der Waals surface area (Å²) in [5, 5.41) is 0. The molecule has 0 aliphatic carbocycles. The molecule has 1 aliphatic heterocycles. The summed E-state index contributed by atoms with van der Waals surface area (Å²) in [6, 6.07) is 9.12. The highest BCUT2D eigenvalue weighted by atomic mass is 16.5. The Bertz CT molecular complexity index is 970. The van der Waals surface area contributed by atoms with Gasteiger partial charge in [-0.2, -0.15) is 0 Å². The van der Waals surface area contributed by atoms with Crippen molar-refractivity contribution in [1.29, 1.82) is 0 Å². The molecular formula is C25H32N2O6. The minimum Gasteiger partial charge on any atom is -0.493 e. The van der Waals surface area contributed by atoms with Gasteiger partial charge in [-0.1, -0.05) is 18.7 Å². The van der Waals surface area contributed by atoms with Crippen molar-refractivity contribution in [2.45, 2.75) is 6.54 Å². The average molecular weight is 457 g/mol. The van der Waals surface area contributed by atoms with Crippen LogP contribution in [0, 0.1) is 0 Å². The van der Waals surface area contributed by atoms with Crippen LogP contribution in [0.2, 0.25) is 0 Å². The molecule has 33 heavy (non-hydrogen) atoms. The molecule has 2 aromatic carbocycles. The number of carbonyl (C=O) groups excluding carboxylic acids is 1. The molecule has 0 unspecified atom stereocenters. The van der Waals surface area contributed by atoms with Gasteiger partial charge in [0.2, 0.25) is 5.75 Å². The van der Waals surface area contributed by atoms with E-state index >= 15 is 0 Å². The smallest absolute Gasteiger partial charge is 0.254 e. The van der Waals surface area contributed by atoms with Gasteiger partial charge in [-0.05, 0) is 24.3 Å². The molecule has 0 spiro atoms. The van der Waals surface area contributed by atoms with Gasteiger partial charge in [0.1, 0.15) is 6.61 Å². The van der Waals surface area contributed by atoms with Crippen molar-refractivity contribution in [2.24, 2.45) is 0 Å². The highest BCUT2D eigenvalue weighted by Crippen LogP contribution is 2.40. The van der Waals surface area contributed by atoms with Gasteiger partial charge >= 0.3 is 0 Å². The fraction of sp³-hybridized carbons (Fsp3) is 0.400. The van der Waals surface area contributed by atoms with Crippen LogP contribution in [0.25, 0.3) is 0 Å². The Morgan fingerprint density at radius 2 is 1.55 bits per heavy atom. The second-order valence-corrected chi connectivity index (χ2v) is 7.53. The first kappa shape index (κ1) is 24.3. The lowest BCUT2D eigenvalue weighted by Gasteiger charge is -2.35. The number of methoxy groups -OCH3 is 4. The average Bonchev–Trinajstić information content (AvgIpc) is 2.86. The van der Waals surface area contributed by atoms with Gasteiger partial charge in [-0.3, -0.25) is 9.69 Å². The van der Waals surface area contributed by atoms with Crippen LogP contribution in [0.15, 0.2) is 43.0 Å². The molecule has 0 bridgehead atoms. The van der Waals surface area contributed by atoms with Crippen LogP contribution in [0.4, 0.5) is 0 Å². The molecule has 2 aromatic rings. The van der Waals surface area contributed by atoms with E-state index in [0.29, 0.717) is 60.6 Å². The highest BCUT2D eigenvalue weighted by Gasteiger charge is 2.25. The monoisotopic (exact) mass is 456 g/mol. The van der Waals surface area contributed by atoms with Gasteiger partial charge in [0.25, 0.3) is 5.91 Å². The topological polar surface area (TPSA) is 69.7 Å². The lowest BCUT2D eigenvalue weighted by Crippen LogP contribution is -2.48. The Balaban J connectivity index is 1.64. The molecular weight excluding hydrogens is 424 g/mol. The summed E-state index contributed by atoms with van der Waals surface area (Å²) in [5.41, 5.74) is 1.59.